The Labute approximate surface area is 145 Å². The highest BCUT2D eigenvalue weighted by atomic mass is 32.2. The van der Waals surface area contributed by atoms with E-state index in [4.69, 9.17) is 4.74 Å². The van der Waals surface area contributed by atoms with Crippen LogP contribution < -0.4 is 4.74 Å². The van der Waals surface area contributed by atoms with Gasteiger partial charge in [0.25, 0.3) is 0 Å². The first-order chi connectivity index (χ1) is 11.3. The highest BCUT2D eigenvalue weighted by Gasteiger charge is 2.16. The van der Waals surface area contributed by atoms with Gasteiger partial charge in [0.15, 0.2) is 0 Å². The van der Waals surface area contributed by atoms with Gasteiger partial charge in [-0.3, -0.25) is 0 Å². The van der Waals surface area contributed by atoms with Gasteiger partial charge in [-0.25, -0.2) is 4.79 Å². The average Bonchev–Trinajstić information content (AvgIpc) is 2.62. The topological polar surface area (TPSA) is 26.3 Å². The number of hydrogen-bond donors (Lipinski definition) is 0. The van der Waals surface area contributed by atoms with Crippen molar-refractivity contribution in [3.8, 4) is 5.75 Å². The summed E-state index contributed by atoms with van der Waals surface area (Å²) in [6, 6.07) is 17.6. The van der Waals surface area contributed by atoms with Crippen LogP contribution in [-0.2, 0) is 4.79 Å². The molecule has 1 aliphatic heterocycles. The molecule has 2 nitrogen and oxygen atoms in total. The summed E-state index contributed by atoms with van der Waals surface area (Å²) in [5.41, 5.74) is 2.27. The zero-order valence-electron chi connectivity index (χ0n) is 12.7. The molecule has 0 spiro atoms. The third-order valence-corrected chi connectivity index (χ3v) is 6.42. The largest absolute Gasteiger partial charge is 0.423 e. The second kappa shape index (κ2) is 8.27. The number of thioether (sulfide) groups is 2. The fourth-order valence-corrected chi connectivity index (χ4v) is 5.15. The molecule has 23 heavy (non-hydrogen) atoms. The number of benzene rings is 2. The first kappa shape index (κ1) is 16.2. The summed E-state index contributed by atoms with van der Waals surface area (Å²) in [7, 11) is 0. The van der Waals surface area contributed by atoms with Crippen molar-refractivity contribution in [2.24, 2.45) is 0 Å². The number of carbonyl (C=O) groups excluding carboxylic acids is 1. The number of carbonyl (C=O) groups is 1. The Kier molecular flexibility index (Phi) is 5.83. The minimum Gasteiger partial charge on any atom is -0.423 e. The van der Waals surface area contributed by atoms with Crippen LogP contribution in [0, 0.1) is 0 Å². The standard InChI is InChI=1S/C19H18O2S2/c20-18(12-7-15-5-2-1-3-6-15)21-17-10-8-16(9-11-17)19-22-13-4-14-23-19/h1-3,5-12,19H,4,13-14H2/b12-7+. The van der Waals surface area contributed by atoms with Crippen LogP contribution in [0.25, 0.3) is 6.08 Å². The first-order valence-corrected chi connectivity index (χ1v) is 9.69. The van der Waals surface area contributed by atoms with E-state index in [-0.39, 0.29) is 5.97 Å². The zero-order valence-corrected chi connectivity index (χ0v) is 14.3. The average molecular weight is 342 g/mol. The van der Waals surface area contributed by atoms with E-state index in [0.29, 0.717) is 10.3 Å². The van der Waals surface area contributed by atoms with Crippen molar-refractivity contribution in [1.82, 2.24) is 0 Å². The summed E-state index contributed by atoms with van der Waals surface area (Å²) < 4.78 is 5.85. The Hall–Kier alpha value is -1.65. The molecular formula is C19H18O2S2. The van der Waals surface area contributed by atoms with Gasteiger partial charge in [0.2, 0.25) is 0 Å². The highest BCUT2D eigenvalue weighted by molar-refractivity contribution is 8.16. The van der Waals surface area contributed by atoms with E-state index in [1.807, 2.05) is 66.0 Å². The quantitative estimate of drug-likeness (QED) is 0.435. The monoisotopic (exact) mass is 342 g/mol. The molecule has 0 bridgehead atoms. The normalized spacial score (nSPS) is 15.7. The van der Waals surface area contributed by atoms with Crippen molar-refractivity contribution in [2.75, 3.05) is 11.5 Å². The molecule has 0 atom stereocenters. The first-order valence-electron chi connectivity index (χ1n) is 7.59. The lowest BCUT2D eigenvalue weighted by Gasteiger charge is -2.21. The van der Waals surface area contributed by atoms with Crippen LogP contribution in [0.1, 0.15) is 22.1 Å². The predicted molar refractivity (Wildman–Crippen MR) is 99.8 cm³/mol. The van der Waals surface area contributed by atoms with Crippen LogP contribution >= 0.6 is 23.5 Å². The maximum atomic E-state index is 11.9. The summed E-state index contributed by atoms with van der Waals surface area (Å²) in [4.78, 5) is 11.9. The third-order valence-electron chi connectivity index (χ3n) is 3.41. The molecule has 0 radical (unpaired) electrons. The van der Waals surface area contributed by atoms with Crippen LogP contribution in [0.2, 0.25) is 0 Å². The van der Waals surface area contributed by atoms with E-state index in [0.717, 1.165) is 5.56 Å². The van der Waals surface area contributed by atoms with E-state index in [9.17, 15) is 4.79 Å². The molecule has 2 aromatic rings. The number of rotatable bonds is 4. The second-order valence-electron chi connectivity index (χ2n) is 5.16. The van der Waals surface area contributed by atoms with Crippen LogP contribution in [-0.4, -0.2) is 17.5 Å². The molecule has 0 saturated carbocycles. The Morgan fingerprint density at radius 3 is 2.39 bits per heavy atom. The molecule has 1 saturated heterocycles. The van der Waals surface area contributed by atoms with Crippen LogP contribution in [0.15, 0.2) is 60.7 Å². The summed E-state index contributed by atoms with van der Waals surface area (Å²) in [5.74, 6) is 2.67. The second-order valence-corrected chi connectivity index (χ2v) is 7.89. The highest BCUT2D eigenvalue weighted by Crippen LogP contribution is 2.43. The maximum absolute atomic E-state index is 11.9. The molecule has 1 heterocycles. The lowest BCUT2D eigenvalue weighted by Crippen LogP contribution is -2.04. The van der Waals surface area contributed by atoms with Gasteiger partial charge in [0, 0.05) is 6.08 Å². The summed E-state index contributed by atoms with van der Waals surface area (Å²) >= 11 is 3.97. The molecule has 2 aromatic carbocycles. The lowest BCUT2D eigenvalue weighted by molar-refractivity contribution is -0.128. The Balaban J connectivity index is 1.57. The fourth-order valence-electron chi connectivity index (χ4n) is 2.25. The molecule has 0 unspecified atom stereocenters. The van der Waals surface area contributed by atoms with Gasteiger partial charge in [-0.2, -0.15) is 0 Å². The third kappa shape index (κ3) is 4.91. The Morgan fingerprint density at radius 1 is 1.00 bits per heavy atom. The van der Waals surface area contributed by atoms with Crippen LogP contribution in [0.5, 0.6) is 5.75 Å². The molecular weight excluding hydrogens is 324 g/mol. The van der Waals surface area contributed by atoms with Crippen molar-refractivity contribution in [1.29, 1.82) is 0 Å². The van der Waals surface area contributed by atoms with E-state index >= 15 is 0 Å². The summed E-state index contributed by atoms with van der Waals surface area (Å²) in [6.07, 6.45) is 4.50. The minimum atomic E-state index is -0.358. The van der Waals surface area contributed by atoms with Gasteiger partial charge in [0.1, 0.15) is 5.75 Å². The van der Waals surface area contributed by atoms with Gasteiger partial charge < -0.3 is 4.74 Å². The minimum absolute atomic E-state index is 0.358. The molecule has 118 valence electrons. The Bertz CT molecular complexity index is 660. The predicted octanol–water partition coefficient (Wildman–Crippen LogP) is 5.17. The molecule has 1 aliphatic rings. The molecule has 0 N–H and O–H groups in total. The summed E-state index contributed by atoms with van der Waals surface area (Å²) in [6.45, 7) is 0. The van der Waals surface area contributed by atoms with E-state index in [2.05, 4.69) is 12.1 Å². The van der Waals surface area contributed by atoms with Crippen molar-refractivity contribution in [2.45, 2.75) is 11.0 Å². The van der Waals surface area contributed by atoms with Gasteiger partial charge in [-0.15, -0.1) is 23.5 Å². The van der Waals surface area contributed by atoms with Gasteiger partial charge >= 0.3 is 5.97 Å². The smallest absolute Gasteiger partial charge is 0.336 e. The van der Waals surface area contributed by atoms with Crippen molar-refractivity contribution < 1.29 is 9.53 Å². The van der Waals surface area contributed by atoms with Crippen molar-refractivity contribution in [3.63, 3.8) is 0 Å². The zero-order chi connectivity index (χ0) is 15.9. The molecule has 3 rings (SSSR count). The molecule has 0 aromatic heterocycles. The van der Waals surface area contributed by atoms with Gasteiger partial charge in [-0.1, -0.05) is 42.5 Å². The molecule has 0 amide bonds. The maximum Gasteiger partial charge on any atom is 0.336 e. The number of ether oxygens (including phenoxy) is 1. The van der Waals surface area contributed by atoms with Crippen LogP contribution in [0.3, 0.4) is 0 Å². The van der Waals surface area contributed by atoms with Gasteiger partial charge in [0.05, 0.1) is 4.58 Å². The molecule has 0 aliphatic carbocycles. The lowest BCUT2D eigenvalue weighted by atomic mass is 10.2. The van der Waals surface area contributed by atoms with Crippen LogP contribution in [0.4, 0.5) is 0 Å². The molecule has 1 fully saturated rings. The van der Waals surface area contributed by atoms with E-state index in [1.54, 1.807) is 6.08 Å². The van der Waals surface area contributed by atoms with E-state index in [1.165, 1.54) is 29.6 Å². The summed E-state index contributed by atoms with van der Waals surface area (Å²) in [5, 5.41) is 0. The number of esters is 1. The fraction of sp³-hybridized carbons (Fsp3) is 0.211. The SMILES string of the molecule is O=C(/C=C/c1ccccc1)Oc1ccc(C2SCCCS2)cc1. The van der Waals surface area contributed by atoms with Gasteiger partial charge in [-0.05, 0) is 47.3 Å². The van der Waals surface area contributed by atoms with Crippen molar-refractivity contribution >= 4 is 35.6 Å². The Morgan fingerprint density at radius 2 is 1.70 bits per heavy atom. The van der Waals surface area contributed by atoms with E-state index < -0.39 is 0 Å². The molecule has 4 heteroatoms. The van der Waals surface area contributed by atoms with Crippen molar-refractivity contribution in [3.05, 3.63) is 71.8 Å². The number of hydrogen-bond acceptors (Lipinski definition) is 4.